The van der Waals surface area contributed by atoms with E-state index in [1.54, 1.807) is 0 Å². The van der Waals surface area contributed by atoms with Crippen molar-refractivity contribution >= 4 is 17.5 Å². The fourth-order valence-electron chi connectivity index (χ4n) is 4.68. The van der Waals surface area contributed by atoms with Crippen molar-refractivity contribution < 1.29 is 4.79 Å². The van der Waals surface area contributed by atoms with E-state index in [-0.39, 0.29) is 11.3 Å². The highest BCUT2D eigenvalue weighted by molar-refractivity contribution is 6.30. The van der Waals surface area contributed by atoms with Crippen molar-refractivity contribution in [2.75, 3.05) is 33.2 Å². The van der Waals surface area contributed by atoms with Crippen LogP contribution in [0.25, 0.3) is 0 Å². The molecule has 3 aliphatic rings. The largest absolute Gasteiger partial charge is 0.351 e. The number of hydrogen-bond donors (Lipinski definition) is 1. The number of halogens is 1. The van der Waals surface area contributed by atoms with E-state index < -0.39 is 0 Å². The van der Waals surface area contributed by atoms with Crippen molar-refractivity contribution in [2.24, 2.45) is 0 Å². The van der Waals surface area contributed by atoms with Crippen LogP contribution in [-0.2, 0) is 10.2 Å². The van der Waals surface area contributed by atoms with E-state index in [2.05, 4.69) is 22.2 Å². The lowest BCUT2D eigenvalue weighted by molar-refractivity contribution is -0.124. The van der Waals surface area contributed by atoms with E-state index >= 15 is 0 Å². The maximum Gasteiger partial charge on any atom is 0.230 e. The van der Waals surface area contributed by atoms with Gasteiger partial charge >= 0.3 is 0 Å². The number of carbonyl (C=O) groups excluding carboxylic acids is 1. The lowest BCUT2D eigenvalue weighted by atomic mass is 9.93. The van der Waals surface area contributed by atoms with Gasteiger partial charge in [-0.1, -0.05) is 23.7 Å². The Morgan fingerprint density at radius 3 is 2.46 bits per heavy atom. The van der Waals surface area contributed by atoms with Gasteiger partial charge in [0.1, 0.15) is 0 Å². The Balaban J connectivity index is 1.36. The molecule has 26 heavy (non-hydrogen) atoms. The van der Waals surface area contributed by atoms with Gasteiger partial charge in [-0.25, -0.2) is 0 Å². The zero-order chi connectivity index (χ0) is 18.1. The molecular formula is C21H30ClN3O. The third-order valence-electron chi connectivity index (χ3n) is 6.57. The quantitative estimate of drug-likeness (QED) is 0.878. The Bertz CT molecular complexity index is 635. The summed E-state index contributed by atoms with van der Waals surface area (Å²) < 4.78 is 0. The molecule has 2 heterocycles. The molecule has 1 aromatic rings. The molecular weight excluding hydrogens is 346 g/mol. The van der Waals surface area contributed by atoms with Crippen LogP contribution in [0.15, 0.2) is 24.3 Å². The van der Waals surface area contributed by atoms with Gasteiger partial charge in [0.25, 0.3) is 0 Å². The van der Waals surface area contributed by atoms with Gasteiger partial charge in [0, 0.05) is 23.7 Å². The van der Waals surface area contributed by atoms with Crippen molar-refractivity contribution in [3.63, 3.8) is 0 Å². The molecule has 1 amide bonds. The summed E-state index contributed by atoms with van der Waals surface area (Å²) >= 11 is 6.01. The topological polar surface area (TPSA) is 35.6 Å². The highest BCUT2D eigenvalue weighted by atomic mass is 35.5. The van der Waals surface area contributed by atoms with Crippen LogP contribution in [-0.4, -0.2) is 61.0 Å². The van der Waals surface area contributed by atoms with Crippen LogP contribution in [0.2, 0.25) is 5.02 Å². The Hall–Kier alpha value is -1.10. The van der Waals surface area contributed by atoms with Crippen LogP contribution in [0.3, 0.4) is 0 Å². The van der Waals surface area contributed by atoms with E-state index in [9.17, 15) is 4.79 Å². The molecule has 2 saturated heterocycles. The molecule has 0 bridgehead atoms. The number of nitrogens with one attached hydrogen (secondary N) is 1. The average Bonchev–Trinajstić information content (AvgIpc) is 3.45. The van der Waals surface area contributed by atoms with Crippen molar-refractivity contribution in [1.82, 2.24) is 15.1 Å². The fraction of sp³-hybridized carbons (Fsp3) is 0.667. The van der Waals surface area contributed by atoms with Gasteiger partial charge in [-0.2, -0.15) is 0 Å². The number of nitrogens with zero attached hydrogens (tertiary/aromatic N) is 2. The number of benzene rings is 1. The first-order valence-corrected chi connectivity index (χ1v) is 10.4. The minimum absolute atomic E-state index is 0.218. The van der Waals surface area contributed by atoms with Gasteiger partial charge in [0.2, 0.25) is 5.91 Å². The molecule has 1 aliphatic carbocycles. The summed E-state index contributed by atoms with van der Waals surface area (Å²) in [5, 5.41) is 4.12. The highest BCUT2D eigenvalue weighted by Crippen LogP contribution is 2.48. The van der Waals surface area contributed by atoms with Crippen LogP contribution >= 0.6 is 11.6 Å². The molecule has 1 N–H and O–H groups in total. The first kappa shape index (κ1) is 18.3. The molecule has 1 unspecified atom stereocenters. The second kappa shape index (κ2) is 7.49. The van der Waals surface area contributed by atoms with Crippen molar-refractivity contribution in [1.29, 1.82) is 0 Å². The zero-order valence-corrected chi connectivity index (χ0v) is 16.5. The third kappa shape index (κ3) is 3.78. The summed E-state index contributed by atoms with van der Waals surface area (Å²) in [6.45, 7) is 4.58. The number of rotatable bonds is 4. The molecule has 1 saturated carbocycles. The first-order chi connectivity index (χ1) is 12.6. The third-order valence-corrected chi connectivity index (χ3v) is 6.83. The molecule has 4 rings (SSSR count). The van der Waals surface area contributed by atoms with Crippen molar-refractivity contribution in [3.8, 4) is 0 Å². The van der Waals surface area contributed by atoms with E-state index in [0.717, 1.165) is 36.4 Å². The van der Waals surface area contributed by atoms with E-state index in [4.69, 9.17) is 11.6 Å². The summed E-state index contributed by atoms with van der Waals surface area (Å²) in [5.74, 6) is 0.218. The van der Waals surface area contributed by atoms with Gasteiger partial charge in [-0.15, -0.1) is 0 Å². The zero-order valence-electron chi connectivity index (χ0n) is 15.7. The minimum Gasteiger partial charge on any atom is -0.351 e. The number of piperidine rings is 2. The Labute approximate surface area is 161 Å². The molecule has 4 nitrogen and oxygen atoms in total. The molecule has 2 aliphatic heterocycles. The SMILES string of the molecule is CN1CCC(N2CCCC(NC(=O)C3(c4ccc(Cl)cc4)CC3)C2)CC1. The molecule has 3 fully saturated rings. The summed E-state index contributed by atoms with van der Waals surface area (Å²) in [5.41, 5.74) is 0.808. The van der Waals surface area contributed by atoms with Crippen LogP contribution in [0.5, 0.6) is 0 Å². The Morgan fingerprint density at radius 1 is 1.12 bits per heavy atom. The maximum atomic E-state index is 13.0. The summed E-state index contributed by atoms with van der Waals surface area (Å²) in [6, 6.07) is 8.80. The molecule has 0 spiro atoms. The smallest absolute Gasteiger partial charge is 0.230 e. The molecule has 0 radical (unpaired) electrons. The van der Waals surface area contributed by atoms with E-state index in [1.165, 1.54) is 38.9 Å². The number of carbonyl (C=O) groups is 1. The number of amides is 1. The molecule has 142 valence electrons. The summed E-state index contributed by atoms with van der Waals surface area (Å²) in [4.78, 5) is 18.1. The second-order valence-electron chi connectivity index (χ2n) is 8.43. The predicted octanol–water partition coefficient (Wildman–Crippen LogP) is 3.05. The lowest BCUT2D eigenvalue weighted by Gasteiger charge is -2.42. The van der Waals surface area contributed by atoms with Gasteiger partial charge in [-0.3, -0.25) is 9.69 Å². The van der Waals surface area contributed by atoms with Gasteiger partial charge in [0.05, 0.1) is 5.41 Å². The summed E-state index contributed by atoms with van der Waals surface area (Å²) in [7, 11) is 2.21. The maximum absolute atomic E-state index is 13.0. The Kier molecular flexibility index (Phi) is 5.27. The number of likely N-dealkylation sites (tertiary alicyclic amines) is 2. The van der Waals surface area contributed by atoms with Crippen LogP contribution in [0.1, 0.15) is 44.1 Å². The minimum atomic E-state index is -0.305. The monoisotopic (exact) mass is 375 g/mol. The van der Waals surface area contributed by atoms with Crippen LogP contribution in [0, 0.1) is 0 Å². The molecule has 1 aromatic carbocycles. The fourth-order valence-corrected chi connectivity index (χ4v) is 4.81. The number of hydrogen-bond acceptors (Lipinski definition) is 3. The predicted molar refractivity (Wildman–Crippen MR) is 106 cm³/mol. The van der Waals surface area contributed by atoms with Crippen LogP contribution in [0.4, 0.5) is 0 Å². The van der Waals surface area contributed by atoms with Gasteiger partial charge in [-0.05, 0) is 82.9 Å². The highest BCUT2D eigenvalue weighted by Gasteiger charge is 2.51. The second-order valence-corrected chi connectivity index (χ2v) is 8.87. The standard InChI is InChI=1S/C21H30ClN3O/c1-24-13-8-19(9-14-24)25-12-2-3-18(15-25)23-20(26)21(10-11-21)16-4-6-17(22)7-5-16/h4-7,18-19H,2-3,8-15H2,1H3,(H,23,26). The molecule has 1 atom stereocenters. The average molecular weight is 376 g/mol. The van der Waals surface area contributed by atoms with E-state index in [1.807, 2.05) is 24.3 Å². The molecule has 0 aromatic heterocycles. The van der Waals surface area contributed by atoms with Crippen LogP contribution < -0.4 is 5.32 Å². The lowest BCUT2D eigenvalue weighted by Crippen LogP contribution is -2.54. The first-order valence-electron chi connectivity index (χ1n) is 10.1. The van der Waals surface area contributed by atoms with Crippen molar-refractivity contribution in [2.45, 2.75) is 56.0 Å². The van der Waals surface area contributed by atoms with Crippen molar-refractivity contribution in [3.05, 3.63) is 34.9 Å². The Morgan fingerprint density at radius 2 is 1.81 bits per heavy atom. The van der Waals surface area contributed by atoms with Gasteiger partial charge in [0.15, 0.2) is 0 Å². The molecule has 5 heteroatoms. The van der Waals surface area contributed by atoms with Gasteiger partial charge < -0.3 is 10.2 Å². The normalized spacial score (nSPS) is 27.2. The summed E-state index contributed by atoms with van der Waals surface area (Å²) in [6.07, 6.45) is 6.70. The van der Waals surface area contributed by atoms with E-state index in [0.29, 0.717) is 12.1 Å².